The summed E-state index contributed by atoms with van der Waals surface area (Å²) < 4.78 is 43.2. The van der Waals surface area contributed by atoms with Crippen molar-refractivity contribution in [2.24, 2.45) is 0 Å². The van der Waals surface area contributed by atoms with E-state index in [1.807, 2.05) is 0 Å². The molecule has 1 aliphatic rings. The Labute approximate surface area is 207 Å². The Morgan fingerprint density at radius 3 is 2.56 bits per heavy atom. The first-order valence-electron chi connectivity index (χ1n) is 11.7. The van der Waals surface area contributed by atoms with Gasteiger partial charge in [-0.25, -0.2) is 19.3 Å². The van der Waals surface area contributed by atoms with Crippen molar-refractivity contribution >= 4 is 28.6 Å². The molecule has 3 heterocycles. The number of carbonyl (C=O) groups is 1. The number of amides is 1. The first kappa shape index (κ1) is 25.6. The zero-order valence-corrected chi connectivity index (χ0v) is 20.6. The molecular formula is C25H29F3N6O2. The number of aliphatic hydroxyl groups excluding tert-OH is 1. The molecule has 1 amide bonds. The van der Waals surface area contributed by atoms with Gasteiger partial charge in [0.05, 0.1) is 22.6 Å². The Morgan fingerprint density at radius 1 is 1.22 bits per heavy atom. The van der Waals surface area contributed by atoms with E-state index in [1.54, 1.807) is 34.0 Å². The highest BCUT2D eigenvalue weighted by Gasteiger charge is 2.35. The third kappa shape index (κ3) is 4.79. The molecule has 2 aromatic heterocycles. The second-order valence-corrected chi connectivity index (χ2v) is 9.18. The number of alkyl halides is 2. The van der Waals surface area contributed by atoms with Gasteiger partial charge < -0.3 is 20.2 Å². The number of hydrogen-bond acceptors (Lipinski definition) is 7. The second-order valence-electron chi connectivity index (χ2n) is 9.18. The summed E-state index contributed by atoms with van der Waals surface area (Å²) in [4.78, 5) is 30.2. The molecule has 8 nitrogen and oxygen atoms in total. The van der Waals surface area contributed by atoms with Gasteiger partial charge in [0, 0.05) is 32.7 Å². The van der Waals surface area contributed by atoms with E-state index in [0.29, 0.717) is 34.1 Å². The minimum Gasteiger partial charge on any atom is -0.390 e. The van der Waals surface area contributed by atoms with Gasteiger partial charge in [-0.3, -0.25) is 4.79 Å². The number of nitrogens with zero attached hydrogens (tertiary/aromatic N) is 5. The molecule has 1 aliphatic heterocycles. The van der Waals surface area contributed by atoms with Crippen LogP contribution in [0.15, 0.2) is 24.3 Å². The maximum Gasteiger partial charge on any atom is 0.298 e. The molecule has 1 fully saturated rings. The van der Waals surface area contributed by atoms with E-state index in [9.17, 15) is 13.6 Å². The van der Waals surface area contributed by atoms with E-state index in [-0.39, 0.29) is 11.5 Å². The number of carbonyl (C=O) groups excluding carboxylic acids is 1. The normalized spacial score (nSPS) is 14.8. The summed E-state index contributed by atoms with van der Waals surface area (Å²) in [5, 5.41) is 12.5. The van der Waals surface area contributed by atoms with Crippen LogP contribution in [0.4, 0.5) is 24.8 Å². The molecule has 36 heavy (non-hydrogen) atoms. The Balaban J connectivity index is 1.80. The average molecular weight is 503 g/mol. The van der Waals surface area contributed by atoms with E-state index in [2.05, 4.69) is 20.2 Å². The molecule has 0 radical (unpaired) electrons. The lowest BCUT2D eigenvalue weighted by atomic mass is 10.00. The number of aryl methyl sites for hydroxylation is 1. The maximum atomic E-state index is 15.1. The Bertz CT molecular complexity index is 1290. The van der Waals surface area contributed by atoms with Gasteiger partial charge >= 0.3 is 0 Å². The van der Waals surface area contributed by atoms with Crippen molar-refractivity contribution in [1.29, 1.82) is 0 Å². The summed E-state index contributed by atoms with van der Waals surface area (Å²) in [6, 6.07) is 4.57. The Kier molecular flexibility index (Phi) is 7.03. The van der Waals surface area contributed by atoms with Gasteiger partial charge in [-0.2, -0.15) is 8.78 Å². The fourth-order valence-electron chi connectivity index (χ4n) is 4.37. The Hall–Kier alpha value is -3.47. The maximum absolute atomic E-state index is 15.1. The van der Waals surface area contributed by atoms with Gasteiger partial charge in [-0.1, -0.05) is 12.1 Å². The van der Waals surface area contributed by atoms with Crippen LogP contribution >= 0.6 is 0 Å². The van der Waals surface area contributed by atoms with Crippen molar-refractivity contribution in [2.45, 2.75) is 38.7 Å². The van der Waals surface area contributed by atoms with Gasteiger partial charge in [-0.15, -0.1) is 0 Å². The van der Waals surface area contributed by atoms with Crippen LogP contribution < -0.4 is 10.2 Å². The molecule has 0 bridgehead atoms. The van der Waals surface area contributed by atoms with Crippen molar-refractivity contribution in [3.05, 3.63) is 52.6 Å². The minimum atomic E-state index is -3.71. The third-order valence-corrected chi connectivity index (χ3v) is 6.26. The van der Waals surface area contributed by atoms with Crippen LogP contribution in [0.25, 0.3) is 11.0 Å². The standard InChI is InChI=1S/C25H29F3N6O2/c1-14(16-8-7-9-19(20(16)26)25(27,28)13-35)29-21-17-12-18(24(36)33(3)4)23(34-10-5-6-11-34)32-22(17)31-15(2)30-21/h7-9,12,14,35H,5-6,10-11,13H2,1-4H3,(H,29,30,31,32)/t14-/m1/s1. The van der Waals surface area contributed by atoms with Crippen LogP contribution in [0, 0.1) is 12.7 Å². The smallest absolute Gasteiger partial charge is 0.298 e. The summed E-state index contributed by atoms with van der Waals surface area (Å²) in [5.41, 5.74) is -0.129. The van der Waals surface area contributed by atoms with Gasteiger partial charge in [0.1, 0.15) is 29.9 Å². The predicted octanol–water partition coefficient (Wildman–Crippen LogP) is 4.03. The number of aliphatic hydroxyl groups is 1. The second kappa shape index (κ2) is 9.88. The van der Waals surface area contributed by atoms with Crippen LogP contribution in [0.1, 0.15) is 53.1 Å². The third-order valence-electron chi connectivity index (χ3n) is 6.26. The highest BCUT2D eigenvalue weighted by Crippen LogP contribution is 2.35. The van der Waals surface area contributed by atoms with Crippen LogP contribution in [-0.4, -0.2) is 64.7 Å². The predicted molar refractivity (Wildman–Crippen MR) is 131 cm³/mol. The summed E-state index contributed by atoms with van der Waals surface area (Å²) >= 11 is 0. The SMILES string of the molecule is Cc1nc(N[C@H](C)c2cccc(C(F)(F)CO)c2F)c2cc(C(=O)N(C)C)c(N3CCCC3)nc2n1. The number of rotatable bonds is 7. The van der Waals surface area contributed by atoms with E-state index >= 15 is 4.39 Å². The molecule has 1 atom stereocenters. The van der Waals surface area contributed by atoms with Crippen LogP contribution in [-0.2, 0) is 5.92 Å². The number of nitrogens with one attached hydrogen (secondary N) is 1. The largest absolute Gasteiger partial charge is 0.390 e. The molecule has 0 saturated carbocycles. The molecule has 192 valence electrons. The molecule has 11 heteroatoms. The minimum absolute atomic E-state index is 0.0173. The molecule has 2 N–H and O–H groups in total. The van der Waals surface area contributed by atoms with E-state index < -0.39 is 30.0 Å². The van der Waals surface area contributed by atoms with Gasteiger partial charge in [-0.05, 0) is 38.8 Å². The quantitative estimate of drug-likeness (QED) is 0.504. The van der Waals surface area contributed by atoms with Crippen molar-refractivity contribution in [3.63, 3.8) is 0 Å². The lowest BCUT2D eigenvalue weighted by Gasteiger charge is -2.23. The molecule has 0 spiro atoms. The first-order valence-corrected chi connectivity index (χ1v) is 11.7. The first-order chi connectivity index (χ1) is 17.0. The summed E-state index contributed by atoms with van der Waals surface area (Å²) in [5.74, 6) is -3.78. The lowest BCUT2D eigenvalue weighted by molar-refractivity contribution is -0.0583. The number of benzene rings is 1. The van der Waals surface area contributed by atoms with Crippen molar-refractivity contribution in [3.8, 4) is 0 Å². The fourth-order valence-corrected chi connectivity index (χ4v) is 4.37. The molecule has 1 aromatic carbocycles. The van der Waals surface area contributed by atoms with E-state index in [0.717, 1.165) is 32.0 Å². The monoisotopic (exact) mass is 502 g/mol. The topological polar surface area (TPSA) is 94.5 Å². The molecule has 4 rings (SSSR count). The van der Waals surface area contributed by atoms with Gasteiger partial charge in [0.2, 0.25) is 0 Å². The average Bonchev–Trinajstić information content (AvgIpc) is 3.37. The zero-order valence-electron chi connectivity index (χ0n) is 20.6. The van der Waals surface area contributed by atoms with E-state index in [4.69, 9.17) is 10.1 Å². The van der Waals surface area contributed by atoms with Crippen LogP contribution in [0.3, 0.4) is 0 Å². The summed E-state index contributed by atoms with van der Waals surface area (Å²) in [7, 11) is 3.32. The molecule has 1 saturated heterocycles. The van der Waals surface area contributed by atoms with Crippen molar-refractivity contribution < 1.29 is 23.1 Å². The highest BCUT2D eigenvalue weighted by atomic mass is 19.3. The number of anilines is 2. The lowest BCUT2D eigenvalue weighted by Crippen LogP contribution is -2.28. The molecule has 0 aliphatic carbocycles. The van der Waals surface area contributed by atoms with Crippen molar-refractivity contribution in [2.75, 3.05) is 44.0 Å². The highest BCUT2D eigenvalue weighted by molar-refractivity contribution is 6.03. The number of halogens is 3. The zero-order chi connectivity index (χ0) is 26.2. The number of pyridine rings is 1. The van der Waals surface area contributed by atoms with E-state index in [1.165, 1.54) is 17.0 Å². The van der Waals surface area contributed by atoms with Gasteiger partial charge in [0.25, 0.3) is 11.8 Å². The molecule has 0 unspecified atom stereocenters. The molecular weight excluding hydrogens is 473 g/mol. The number of hydrogen-bond donors (Lipinski definition) is 2. The number of aromatic nitrogens is 3. The summed E-state index contributed by atoms with van der Waals surface area (Å²) in [6.45, 7) is 3.37. The van der Waals surface area contributed by atoms with Crippen molar-refractivity contribution in [1.82, 2.24) is 19.9 Å². The van der Waals surface area contributed by atoms with Crippen LogP contribution in [0.5, 0.6) is 0 Å². The fraction of sp³-hybridized carbons (Fsp3) is 0.440. The molecule has 3 aromatic rings. The van der Waals surface area contributed by atoms with Crippen LogP contribution in [0.2, 0.25) is 0 Å². The summed E-state index contributed by atoms with van der Waals surface area (Å²) in [6.07, 6.45) is 2.00. The van der Waals surface area contributed by atoms with Gasteiger partial charge in [0.15, 0.2) is 5.65 Å². The number of fused-ring (bicyclic) bond motifs is 1. The Morgan fingerprint density at radius 2 is 1.92 bits per heavy atom.